The summed E-state index contributed by atoms with van der Waals surface area (Å²) in [5.74, 6) is 2.57. The van der Waals surface area contributed by atoms with Crippen molar-refractivity contribution in [2.24, 2.45) is 4.99 Å². The molecule has 1 aliphatic carbocycles. The molecule has 160 valence electrons. The molecule has 0 saturated heterocycles. The SMILES string of the molecule is CCN(CC)c1ccc(CNC(=NC)NC2CCCC(S(=O)CC)C2)cn1.I. The van der Waals surface area contributed by atoms with Gasteiger partial charge in [-0.3, -0.25) is 9.20 Å². The molecule has 3 atom stereocenters. The summed E-state index contributed by atoms with van der Waals surface area (Å²) in [6.07, 6.45) is 6.20. The Kier molecular flexibility index (Phi) is 12.0. The lowest BCUT2D eigenvalue weighted by Gasteiger charge is -2.30. The molecule has 0 radical (unpaired) electrons. The van der Waals surface area contributed by atoms with E-state index in [0.29, 0.717) is 17.8 Å². The predicted octanol–water partition coefficient (Wildman–Crippen LogP) is 3.29. The Morgan fingerprint density at radius 1 is 1.29 bits per heavy atom. The van der Waals surface area contributed by atoms with E-state index in [-0.39, 0.29) is 24.0 Å². The molecule has 3 unspecified atom stereocenters. The molecule has 28 heavy (non-hydrogen) atoms. The number of nitrogens with one attached hydrogen (secondary N) is 2. The van der Waals surface area contributed by atoms with E-state index >= 15 is 0 Å². The largest absolute Gasteiger partial charge is 0.357 e. The minimum atomic E-state index is -0.705. The van der Waals surface area contributed by atoms with Gasteiger partial charge in [0.1, 0.15) is 5.82 Å². The standard InChI is InChI=1S/C20H35N5OS.HI/c1-5-25(6-2)19-12-11-16(14-22-19)15-23-20(21-4)24-17-9-8-10-18(13-17)27(26)7-3;/h11-12,14,17-18H,5-10,13,15H2,1-4H3,(H2,21,23,24);1H. The number of rotatable bonds is 8. The van der Waals surface area contributed by atoms with Crippen LogP contribution in [0.5, 0.6) is 0 Å². The summed E-state index contributed by atoms with van der Waals surface area (Å²) in [6.45, 7) is 8.89. The minimum absolute atomic E-state index is 0. The molecule has 0 spiro atoms. The molecule has 1 heterocycles. The van der Waals surface area contributed by atoms with E-state index in [2.05, 4.69) is 51.5 Å². The Bertz CT molecular complexity index is 622. The maximum atomic E-state index is 12.1. The Balaban J connectivity index is 0.00000392. The summed E-state index contributed by atoms with van der Waals surface area (Å²) >= 11 is 0. The van der Waals surface area contributed by atoms with Crippen molar-refractivity contribution in [3.8, 4) is 0 Å². The zero-order valence-electron chi connectivity index (χ0n) is 17.6. The van der Waals surface area contributed by atoms with Crippen LogP contribution in [0.4, 0.5) is 5.82 Å². The lowest BCUT2D eigenvalue weighted by molar-refractivity contribution is 0.413. The first-order valence-electron chi connectivity index (χ1n) is 10.1. The number of aromatic nitrogens is 1. The van der Waals surface area contributed by atoms with Crippen molar-refractivity contribution in [3.63, 3.8) is 0 Å². The maximum Gasteiger partial charge on any atom is 0.191 e. The Hall–Kier alpha value is -0.900. The molecule has 1 aliphatic rings. The molecular formula is C20H36IN5OS. The maximum absolute atomic E-state index is 12.1. The van der Waals surface area contributed by atoms with Gasteiger partial charge in [0.15, 0.2) is 5.96 Å². The molecule has 0 aliphatic heterocycles. The van der Waals surface area contributed by atoms with E-state index in [0.717, 1.165) is 61.9 Å². The molecule has 6 nitrogen and oxygen atoms in total. The van der Waals surface area contributed by atoms with Gasteiger partial charge in [-0.1, -0.05) is 19.4 Å². The number of aliphatic imine (C=N–C) groups is 1. The van der Waals surface area contributed by atoms with Crippen molar-refractivity contribution in [3.05, 3.63) is 23.9 Å². The van der Waals surface area contributed by atoms with E-state index in [1.165, 1.54) is 0 Å². The normalized spacial score (nSPS) is 20.8. The second-order valence-corrected chi connectivity index (χ2v) is 8.93. The first-order chi connectivity index (χ1) is 13.1. The highest BCUT2D eigenvalue weighted by Gasteiger charge is 2.26. The minimum Gasteiger partial charge on any atom is -0.357 e. The number of halogens is 1. The Labute approximate surface area is 189 Å². The topological polar surface area (TPSA) is 69.6 Å². The summed E-state index contributed by atoms with van der Waals surface area (Å²) < 4.78 is 12.1. The first-order valence-corrected chi connectivity index (χ1v) is 11.5. The molecule has 0 bridgehead atoms. The van der Waals surface area contributed by atoms with Crippen LogP contribution in [0, 0.1) is 0 Å². The summed E-state index contributed by atoms with van der Waals surface area (Å²) in [4.78, 5) is 11.2. The van der Waals surface area contributed by atoms with E-state index in [1.54, 1.807) is 7.05 Å². The number of anilines is 1. The summed E-state index contributed by atoms with van der Waals surface area (Å²) in [7, 11) is 1.09. The molecule has 0 aromatic carbocycles. The Morgan fingerprint density at radius 3 is 2.61 bits per heavy atom. The van der Waals surface area contributed by atoms with Crippen LogP contribution in [0.25, 0.3) is 0 Å². The predicted molar refractivity (Wildman–Crippen MR) is 131 cm³/mol. The second kappa shape index (κ2) is 13.3. The number of pyridine rings is 1. The van der Waals surface area contributed by atoms with Crippen LogP contribution in [0.3, 0.4) is 0 Å². The van der Waals surface area contributed by atoms with Crippen molar-refractivity contribution >= 4 is 46.6 Å². The Morgan fingerprint density at radius 2 is 2.04 bits per heavy atom. The quantitative estimate of drug-likeness (QED) is 0.312. The van der Waals surface area contributed by atoms with E-state index < -0.39 is 10.8 Å². The van der Waals surface area contributed by atoms with Gasteiger partial charge in [-0.15, -0.1) is 24.0 Å². The van der Waals surface area contributed by atoms with Gasteiger partial charge < -0.3 is 15.5 Å². The van der Waals surface area contributed by atoms with Crippen LogP contribution in [-0.4, -0.2) is 52.3 Å². The number of hydrogen-bond donors (Lipinski definition) is 2. The molecular weight excluding hydrogens is 485 g/mol. The van der Waals surface area contributed by atoms with Crippen molar-refractivity contribution in [2.75, 3.05) is 30.8 Å². The molecule has 2 rings (SSSR count). The van der Waals surface area contributed by atoms with Crippen LogP contribution in [0.15, 0.2) is 23.3 Å². The second-order valence-electron chi connectivity index (χ2n) is 6.92. The van der Waals surface area contributed by atoms with Crippen LogP contribution >= 0.6 is 24.0 Å². The third-order valence-electron chi connectivity index (χ3n) is 5.20. The lowest BCUT2D eigenvalue weighted by Crippen LogP contribution is -2.46. The van der Waals surface area contributed by atoms with Gasteiger partial charge in [0.2, 0.25) is 0 Å². The van der Waals surface area contributed by atoms with Crippen LogP contribution in [0.2, 0.25) is 0 Å². The van der Waals surface area contributed by atoms with E-state index in [4.69, 9.17) is 0 Å². The fraction of sp³-hybridized carbons (Fsp3) is 0.700. The average molecular weight is 522 g/mol. The zero-order valence-corrected chi connectivity index (χ0v) is 20.8. The molecule has 0 amide bonds. The monoisotopic (exact) mass is 521 g/mol. The van der Waals surface area contributed by atoms with Crippen LogP contribution in [-0.2, 0) is 17.3 Å². The number of guanidine groups is 1. The molecule has 1 fully saturated rings. The smallest absolute Gasteiger partial charge is 0.191 e. The zero-order chi connectivity index (χ0) is 19.6. The molecule has 8 heteroatoms. The van der Waals surface area contributed by atoms with Crippen molar-refractivity contribution in [2.45, 2.75) is 64.3 Å². The molecule has 1 saturated carbocycles. The third-order valence-corrected chi connectivity index (χ3v) is 6.94. The summed E-state index contributed by atoms with van der Waals surface area (Å²) in [5, 5.41) is 7.20. The van der Waals surface area contributed by atoms with Gasteiger partial charge in [-0.2, -0.15) is 0 Å². The summed E-state index contributed by atoms with van der Waals surface area (Å²) in [6, 6.07) is 4.53. The van der Waals surface area contributed by atoms with Gasteiger partial charge in [-0.25, -0.2) is 4.98 Å². The van der Waals surface area contributed by atoms with Gasteiger partial charge >= 0.3 is 0 Å². The first kappa shape index (κ1) is 25.1. The fourth-order valence-corrected chi connectivity index (χ4v) is 4.93. The number of hydrogen-bond acceptors (Lipinski definition) is 4. The van der Waals surface area contributed by atoms with E-state index in [1.807, 2.05) is 13.1 Å². The van der Waals surface area contributed by atoms with Gasteiger partial charge in [0, 0.05) is 60.7 Å². The van der Waals surface area contributed by atoms with Crippen molar-refractivity contribution in [1.82, 2.24) is 15.6 Å². The van der Waals surface area contributed by atoms with Gasteiger partial charge in [0.05, 0.1) is 0 Å². The fourth-order valence-electron chi connectivity index (χ4n) is 3.58. The molecule has 2 N–H and O–H groups in total. The average Bonchev–Trinajstić information content (AvgIpc) is 2.72. The number of nitrogens with zero attached hydrogens (tertiary/aromatic N) is 3. The highest BCUT2D eigenvalue weighted by Crippen LogP contribution is 2.23. The molecule has 1 aromatic heterocycles. The highest BCUT2D eigenvalue weighted by molar-refractivity contribution is 14.0. The third kappa shape index (κ3) is 7.50. The van der Waals surface area contributed by atoms with Crippen molar-refractivity contribution < 1.29 is 4.21 Å². The van der Waals surface area contributed by atoms with Gasteiger partial charge in [0.25, 0.3) is 0 Å². The van der Waals surface area contributed by atoms with Crippen LogP contribution in [0.1, 0.15) is 52.0 Å². The van der Waals surface area contributed by atoms with Crippen LogP contribution < -0.4 is 15.5 Å². The van der Waals surface area contributed by atoms with Gasteiger partial charge in [-0.05, 0) is 44.7 Å². The molecule has 1 aromatic rings. The van der Waals surface area contributed by atoms with E-state index in [9.17, 15) is 4.21 Å². The summed E-state index contributed by atoms with van der Waals surface area (Å²) in [5.41, 5.74) is 1.13. The lowest BCUT2D eigenvalue weighted by atomic mass is 9.95. The highest BCUT2D eigenvalue weighted by atomic mass is 127. The van der Waals surface area contributed by atoms with Crippen molar-refractivity contribution in [1.29, 1.82) is 0 Å².